The Bertz CT molecular complexity index is 727. The van der Waals surface area contributed by atoms with Gasteiger partial charge in [0, 0.05) is 6.07 Å². The Morgan fingerprint density at radius 3 is 2.26 bits per heavy atom. The highest BCUT2D eigenvalue weighted by molar-refractivity contribution is 7.87. The van der Waals surface area contributed by atoms with E-state index in [1.165, 1.54) is 26.4 Å². The van der Waals surface area contributed by atoms with Gasteiger partial charge in [0.1, 0.15) is 12.4 Å². The topological polar surface area (TPSA) is 88.1 Å². The third-order valence-corrected chi connectivity index (χ3v) is 4.01. The number of benzene rings is 1. The van der Waals surface area contributed by atoms with Crippen molar-refractivity contribution in [3.63, 3.8) is 0 Å². The van der Waals surface area contributed by atoms with Crippen LogP contribution in [0.2, 0.25) is 0 Å². The molecule has 0 aromatic heterocycles. The van der Waals surface area contributed by atoms with Crippen LogP contribution in [-0.4, -0.2) is 46.6 Å². The maximum absolute atomic E-state index is 12.3. The molecule has 1 aliphatic rings. The van der Waals surface area contributed by atoms with Crippen LogP contribution < -0.4 is 14.2 Å². The predicted octanol–water partition coefficient (Wildman–Crippen LogP) is 1.51. The van der Waals surface area contributed by atoms with Crippen molar-refractivity contribution in [2.45, 2.75) is 11.6 Å². The largest absolute Gasteiger partial charge is 0.523 e. The summed E-state index contributed by atoms with van der Waals surface area (Å²) in [5, 5.41) is 0. The molecule has 1 aliphatic heterocycles. The van der Waals surface area contributed by atoms with Crippen LogP contribution >= 0.6 is 0 Å². The van der Waals surface area contributed by atoms with Crippen LogP contribution in [0.1, 0.15) is 10.4 Å². The minimum absolute atomic E-state index is 0.0249. The zero-order valence-electron chi connectivity index (χ0n) is 11.8. The lowest BCUT2D eigenvalue weighted by molar-refractivity contribution is -0.0575. The molecule has 2 rings (SSSR count). The van der Waals surface area contributed by atoms with Gasteiger partial charge >= 0.3 is 15.6 Å². The van der Waals surface area contributed by atoms with E-state index < -0.39 is 34.1 Å². The molecule has 0 saturated heterocycles. The predicted molar refractivity (Wildman–Crippen MR) is 69.2 cm³/mol. The summed E-state index contributed by atoms with van der Waals surface area (Å²) in [6.45, 7) is -0.684. The van der Waals surface area contributed by atoms with E-state index in [4.69, 9.17) is 14.2 Å². The van der Waals surface area contributed by atoms with Gasteiger partial charge in [0.2, 0.25) is 0 Å². The van der Waals surface area contributed by atoms with E-state index in [1.54, 1.807) is 0 Å². The number of fused-ring (bicyclic) bond motifs is 1. The van der Waals surface area contributed by atoms with E-state index in [2.05, 4.69) is 4.18 Å². The average molecular weight is 356 g/mol. The second-order valence-corrected chi connectivity index (χ2v) is 5.93. The lowest BCUT2D eigenvalue weighted by Crippen LogP contribution is -2.40. The first kappa shape index (κ1) is 17.3. The summed E-state index contributed by atoms with van der Waals surface area (Å²) >= 11 is 0. The van der Waals surface area contributed by atoms with E-state index in [0.717, 1.165) is 0 Å². The van der Waals surface area contributed by atoms with E-state index in [9.17, 15) is 26.4 Å². The van der Waals surface area contributed by atoms with Crippen LogP contribution in [0.3, 0.4) is 0 Å². The van der Waals surface area contributed by atoms with Crippen molar-refractivity contribution in [1.82, 2.24) is 0 Å². The zero-order chi connectivity index (χ0) is 17.4. The van der Waals surface area contributed by atoms with Crippen LogP contribution in [0, 0.1) is 0 Å². The van der Waals surface area contributed by atoms with Crippen molar-refractivity contribution in [3.8, 4) is 17.2 Å². The van der Waals surface area contributed by atoms with Crippen LogP contribution in [0.25, 0.3) is 0 Å². The van der Waals surface area contributed by atoms with Gasteiger partial charge in [-0.25, -0.2) is 4.18 Å². The first-order valence-corrected chi connectivity index (χ1v) is 7.44. The fourth-order valence-corrected chi connectivity index (χ4v) is 2.42. The molecule has 0 spiro atoms. The van der Waals surface area contributed by atoms with E-state index >= 15 is 0 Å². The van der Waals surface area contributed by atoms with Gasteiger partial charge in [-0.2, -0.15) is 21.6 Å². The second kappa shape index (κ2) is 5.89. The molecule has 11 heteroatoms. The molecule has 1 aromatic rings. The van der Waals surface area contributed by atoms with Crippen LogP contribution in [0.15, 0.2) is 12.1 Å². The number of hydrogen-bond donors (Lipinski definition) is 0. The molecular weight excluding hydrogens is 345 g/mol. The fraction of sp³-hybridized carbons (Fsp3) is 0.417. The average Bonchev–Trinajstić information content (AvgIpc) is 2.47. The molecule has 0 radical (unpaired) electrons. The summed E-state index contributed by atoms with van der Waals surface area (Å²) < 4.78 is 78.0. The highest BCUT2D eigenvalue weighted by atomic mass is 32.2. The number of carbonyl (C=O) groups is 1. The molecular formula is C12H11F3O7S. The van der Waals surface area contributed by atoms with Crippen molar-refractivity contribution in [1.29, 1.82) is 0 Å². The Balaban J connectivity index is 2.35. The Hall–Kier alpha value is -2.01. The van der Waals surface area contributed by atoms with Crippen LogP contribution in [-0.2, 0) is 14.3 Å². The van der Waals surface area contributed by atoms with Crippen molar-refractivity contribution in [2.75, 3.05) is 20.8 Å². The number of halogens is 3. The van der Waals surface area contributed by atoms with E-state index in [-0.39, 0.29) is 22.8 Å². The van der Waals surface area contributed by atoms with Gasteiger partial charge in [-0.15, -0.1) is 0 Å². The number of ether oxygens (including phenoxy) is 3. The van der Waals surface area contributed by atoms with Gasteiger partial charge in [-0.05, 0) is 6.07 Å². The number of hydrogen-bond acceptors (Lipinski definition) is 7. The number of alkyl halides is 3. The summed E-state index contributed by atoms with van der Waals surface area (Å²) in [6.07, 6.45) is -1.94. The molecule has 1 atom stereocenters. The maximum Gasteiger partial charge on any atom is 0.523 e. The molecule has 1 heterocycles. The molecule has 0 amide bonds. The number of carbonyl (C=O) groups excluding carboxylic acids is 1. The zero-order valence-corrected chi connectivity index (χ0v) is 12.7. The lowest BCUT2D eigenvalue weighted by Gasteiger charge is -2.25. The molecule has 128 valence electrons. The molecule has 0 N–H and O–H groups in total. The quantitative estimate of drug-likeness (QED) is 0.597. The normalized spacial score (nSPS) is 18.1. The summed E-state index contributed by atoms with van der Waals surface area (Å²) in [6, 6.07) is 2.48. The Labute approximate surface area is 129 Å². The maximum atomic E-state index is 12.3. The van der Waals surface area contributed by atoms with Crippen LogP contribution in [0.4, 0.5) is 13.2 Å². The molecule has 7 nitrogen and oxygen atoms in total. The second-order valence-electron chi connectivity index (χ2n) is 4.36. The SMILES string of the molecule is COc1cc2c(cc1OC)C(=O)[C@@H](OS(=O)(=O)C(F)(F)F)CO2. The molecule has 0 aliphatic carbocycles. The number of ketones is 1. The third-order valence-electron chi connectivity index (χ3n) is 2.96. The van der Waals surface area contributed by atoms with E-state index in [1.807, 2.05) is 0 Å². The third kappa shape index (κ3) is 3.20. The number of rotatable bonds is 4. The highest BCUT2D eigenvalue weighted by Gasteiger charge is 2.50. The minimum Gasteiger partial charge on any atom is -0.493 e. The fourth-order valence-electron chi connectivity index (χ4n) is 1.87. The van der Waals surface area contributed by atoms with Crippen molar-refractivity contribution >= 4 is 15.9 Å². The van der Waals surface area contributed by atoms with Crippen molar-refractivity contribution in [2.24, 2.45) is 0 Å². The monoisotopic (exact) mass is 356 g/mol. The molecule has 0 unspecified atom stereocenters. The summed E-state index contributed by atoms with van der Waals surface area (Å²) in [5.74, 6) is -0.583. The summed E-state index contributed by atoms with van der Waals surface area (Å²) in [4.78, 5) is 12.2. The minimum atomic E-state index is -5.92. The first-order valence-electron chi connectivity index (χ1n) is 6.03. The molecule has 1 aromatic carbocycles. The van der Waals surface area contributed by atoms with Gasteiger partial charge in [0.15, 0.2) is 23.4 Å². The molecule has 0 fully saturated rings. The van der Waals surface area contributed by atoms with Crippen molar-refractivity contribution in [3.05, 3.63) is 17.7 Å². The van der Waals surface area contributed by atoms with Crippen molar-refractivity contribution < 1.29 is 44.8 Å². The molecule has 23 heavy (non-hydrogen) atoms. The lowest BCUT2D eigenvalue weighted by atomic mass is 10.0. The van der Waals surface area contributed by atoms with Gasteiger partial charge < -0.3 is 14.2 Å². The highest BCUT2D eigenvalue weighted by Crippen LogP contribution is 2.38. The Morgan fingerprint density at radius 2 is 1.74 bits per heavy atom. The Kier molecular flexibility index (Phi) is 4.44. The Morgan fingerprint density at radius 1 is 1.17 bits per heavy atom. The number of Topliss-reactive ketones (excluding diaryl/α,β-unsaturated/α-hetero) is 1. The standard InChI is InChI=1S/C12H11F3O7S/c1-19-8-3-6-7(4-9(8)20-2)21-5-10(11(6)16)22-23(17,18)12(13,14)15/h3-4,10H,5H2,1-2H3/t10-/m0/s1. The number of methoxy groups -OCH3 is 2. The first-order chi connectivity index (χ1) is 10.6. The van der Waals surface area contributed by atoms with Gasteiger partial charge in [-0.1, -0.05) is 0 Å². The summed E-state index contributed by atoms with van der Waals surface area (Å²) in [7, 11) is -3.28. The molecule has 0 bridgehead atoms. The van der Waals surface area contributed by atoms with Gasteiger partial charge in [0.05, 0.1) is 19.8 Å². The molecule has 0 saturated carbocycles. The summed E-state index contributed by atoms with van der Waals surface area (Å²) in [5.41, 5.74) is -5.80. The van der Waals surface area contributed by atoms with Crippen LogP contribution in [0.5, 0.6) is 17.2 Å². The smallest absolute Gasteiger partial charge is 0.493 e. The van der Waals surface area contributed by atoms with Gasteiger partial charge in [0.25, 0.3) is 0 Å². The van der Waals surface area contributed by atoms with Gasteiger partial charge in [-0.3, -0.25) is 4.79 Å². The van der Waals surface area contributed by atoms with E-state index in [0.29, 0.717) is 0 Å².